The molecule has 0 spiro atoms. The fraction of sp³-hybridized carbons (Fsp3) is 0.130. The van der Waals surface area contributed by atoms with Crippen molar-refractivity contribution in [3.8, 4) is 16.9 Å². The molecular weight excluding hydrogens is 449 g/mol. The van der Waals surface area contributed by atoms with Crippen molar-refractivity contribution < 1.29 is 18.7 Å². The van der Waals surface area contributed by atoms with Crippen LogP contribution in [0.15, 0.2) is 43.5 Å². The maximum absolute atomic E-state index is 14.9. The van der Waals surface area contributed by atoms with Gasteiger partial charge < -0.3 is 21.1 Å². The molecule has 33 heavy (non-hydrogen) atoms. The average molecular weight is 468 g/mol. The third-order valence-electron chi connectivity index (χ3n) is 5.05. The van der Waals surface area contributed by atoms with E-state index in [4.69, 9.17) is 22.1 Å². The van der Waals surface area contributed by atoms with Gasteiger partial charge in [0.05, 0.1) is 16.1 Å². The van der Waals surface area contributed by atoms with E-state index in [9.17, 15) is 14.0 Å². The molecule has 0 saturated carbocycles. The molecule has 0 atom stereocenters. The number of carbonyl (C=O) groups excluding carboxylic acids is 2. The minimum atomic E-state index is -0.842. The van der Waals surface area contributed by atoms with E-state index in [0.29, 0.717) is 33.4 Å². The van der Waals surface area contributed by atoms with Gasteiger partial charge in [0.2, 0.25) is 11.7 Å². The number of benzene rings is 2. The molecule has 8 nitrogen and oxygen atoms in total. The number of carbonyl (C=O) groups is 2. The number of halogens is 2. The van der Waals surface area contributed by atoms with E-state index in [1.54, 1.807) is 12.1 Å². The lowest BCUT2D eigenvalue weighted by Gasteiger charge is -2.17. The van der Waals surface area contributed by atoms with Crippen molar-refractivity contribution in [3.63, 3.8) is 0 Å². The van der Waals surface area contributed by atoms with Gasteiger partial charge in [-0.15, -0.1) is 0 Å². The molecule has 0 radical (unpaired) electrons. The minimum absolute atomic E-state index is 0.0607. The SMILES string of the molecule is C=CC(=O)NCCNc1nc(C(N)=O)nc2c3c(c(Cl)cc12)-c1c(F)cccc1OCC3=C. The molecular formula is C23H19ClFN5O3. The van der Waals surface area contributed by atoms with Crippen LogP contribution >= 0.6 is 11.6 Å². The van der Waals surface area contributed by atoms with Crippen LogP contribution in [0.25, 0.3) is 27.6 Å². The smallest absolute Gasteiger partial charge is 0.286 e. The van der Waals surface area contributed by atoms with E-state index in [1.165, 1.54) is 12.1 Å². The lowest BCUT2D eigenvalue weighted by molar-refractivity contribution is -0.116. The maximum Gasteiger partial charge on any atom is 0.286 e. The Balaban J connectivity index is 1.93. The summed E-state index contributed by atoms with van der Waals surface area (Å²) in [5, 5.41) is 6.39. The Labute approximate surface area is 193 Å². The summed E-state index contributed by atoms with van der Waals surface area (Å²) in [5.74, 6) is -1.34. The van der Waals surface area contributed by atoms with Crippen LogP contribution < -0.4 is 21.1 Å². The highest BCUT2D eigenvalue weighted by molar-refractivity contribution is 6.35. The highest BCUT2D eigenvalue weighted by Crippen LogP contribution is 2.47. The van der Waals surface area contributed by atoms with Gasteiger partial charge in [0, 0.05) is 29.6 Å². The molecule has 10 heteroatoms. The molecule has 3 aromatic rings. The highest BCUT2D eigenvalue weighted by Gasteiger charge is 2.28. The molecule has 0 bridgehead atoms. The molecule has 2 heterocycles. The van der Waals surface area contributed by atoms with E-state index in [1.807, 2.05) is 0 Å². The number of amides is 2. The second-order valence-corrected chi connectivity index (χ2v) is 7.60. The number of nitrogens with zero attached hydrogens (tertiary/aromatic N) is 2. The van der Waals surface area contributed by atoms with E-state index in [2.05, 4.69) is 33.8 Å². The summed E-state index contributed by atoms with van der Waals surface area (Å²) < 4.78 is 20.6. The zero-order chi connectivity index (χ0) is 23.7. The molecule has 2 aromatic carbocycles. The van der Waals surface area contributed by atoms with Crippen molar-refractivity contribution in [2.24, 2.45) is 5.73 Å². The van der Waals surface area contributed by atoms with Crippen molar-refractivity contribution in [2.45, 2.75) is 0 Å². The molecule has 0 unspecified atom stereocenters. The van der Waals surface area contributed by atoms with Crippen LogP contribution in [0.5, 0.6) is 5.75 Å². The van der Waals surface area contributed by atoms with Crippen molar-refractivity contribution in [1.29, 1.82) is 0 Å². The molecule has 0 saturated heterocycles. The lowest BCUT2D eigenvalue weighted by atomic mass is 9.92. The average Bonchev–Trinajstić information content (AvgIpc) is 2.94. The Morgan fingerprint density at radius 2 is 2.03 bits per heavy atom. The van der Waals surface area contributed by atoms with Crippen LogP contribution in [-0.4, -0.2) is 41.5 Å². The number of fused-ring (bicyclic) bond motifs is 5. The van der Waals surface area contributed by atoms with Gasteiger partial charge in [-0.2, -0.15) is 0 Å². The number of primary amides is 1. The van der Waals surface area contributed by atoms with Gasteiger partial charge in [-0.05, 0) is 29.8 Å². The Bertz CT molecular complexity index is 1340. The first-order chi connectivity index (χ1) is 15.8. The number of hydrogen-bond acceptors (Lipinski definition) is 6. The molecule has 1 aromatic heterocycles. The molecule has 4 rings (SSSR count). The second kappa shape index (κ2) is 8.87. The van der Waals surface area contributed by atoms with E-state index in [0.717, 1.165) is 6.08 Å². The van der Waals surface area contributed by atoms with Gasteiger partial charge in [-0.1, -0.05) is 30.8 Å². The lowest BCUT2D eigenvalue weighted by Crippen LogP contribution is -2.27. The van der Waals surface area contributed by atoms with Gasteiger partial charge in [0.1, 0.15) is 24.0 Å². The molecule has 2 amide bonds. The summed E-state index contributed by atoms with van der Waals surface area (Å²) in [7, 11) is 0. The van der Waals surface area contributed by atoms with E-state index in [-0.39, 0.29) is 47.8 Å². The van der Waals surface area contributed by atoms with E-state index < -0.39 is 11.7 Å². The fourth-order valence-corrected chi connectivity index (χ4v) is 3.91. The summed E-state index contributed by atoms with van der Waals surface area (Å²) in [4.78, 5) is 31.9. The largest absolute Gasteiger partial charge is 0.488 e. The number of nitrogens with two attached hydrogens (primary N) is 1. The summed E-state index contributed by atoms with van der Waals surface area (Å²) >= 11 is 6.65. The summed E-state index contributed by atoms with van der Waals surface area (Å²) in [6, 6.07) is 6.07. The normalized spacial score (nSPS) is 12.2. The topological polar surface area (TPSA) is 119 Å². The molecule has 0 fully saturated rings. The van der Waals surface area contributed by atoms with Crippen LogP contribution in [-0.2, 0) is 4.79 Å². The Kier molecular flexibility index (Phi) is 5.97. The number of rotatable bonds is 6. The third-order valence-corrected chi connectivity index (χ3v) is 5.34. The first-order valence-corrected chi connectivity index (χ1v) is 10.3. The van der Waals surface area contributed by atoms with Crippen LogP contribution in [0, 0.1) is 5.82 Å². The van der Waals surface area contributed by atoms with Crippen molar-refractivity contribution in [3.05, 3.63) is 65.7 Å². The number of nitrogens with one attached hydrogen (secondary N) is 2. The van der Waals surface area contributed by atoms with Crippen molar-refractivity contribution in [2.75, 3.05) is 25.0 Å². The Hall–Kier alpha value is -3.98. The van der Waals surface area contributed by atoms with Gasteiger partial charge in [-0.3, -0.25) is 9.59 Å². The predicted molar refractivity (Wildman–Crippen MR) is 125 cm³/mol. The number of hydrogen-bond donors (Lipinski definition) is 3. The number of ether oxygens (including phenoxy) is 1. The van der Waals surface area contributed by atoms with Gasteiger partial charge in [0.25, 0.3) is 5.91 Å². The predicted octanol–water partition coefficient (Wildman–Crippen LogP) is 3.31. The molecule has 1 aliphatic heterocycles. The van der Waals surface area contributed by atoms with Crippen molar-refractivity contribution in [1.82, 2.24) is 15.3 Å². The van der Waals surface area contributed by atoms with Crippen LogP contribution in [0.1, 0.15) is 16.2 Å². The monoisotopic (exact) mass is 467 g/mol. The van der Waals surface area contributed by atoms with Gasteiger partial charge >= 0.3 is 0 Å². The molecule has 168 valence electrons. The highest BCUT2D eigenvalue weighted by atomic mass is 35.5. The van der Waals surface area contributed by atoms with Crippen LogP contribution in [0.4, 0.5) is 10.2 Å². The van der Waals surface area contributed by atoms with Gasteiger partial charge in [-0.25, -0.2) is 14.4 Å². The minimum Gasteiger partial charge on any atom is -0.488 e. The first kappa shape index (κ1) is 22.2. The zero-order valence-corrected chi connectivity index (χ0v) is 18.1. The first-order valence-electron chi connectivity index (χ1n) is 9.89. The number of aromatic nitrogens is 2. The molecule has 0 aliphatic carbocycles. The number of anilines is 1. The summed E-state index contributed by atoms with van der Waals surface area (Å²) in [5.41, 5.74) is 7.26. The maximum atomic E-state index is 14.9. The van der Waals surface area contributed by atoms with E-state index >= 15 is 0 Å². The molecule has 4 N–H and O–H groups in total. The standard InChI is InChI=1S/C23H19ClFN5O3/c1-3-16(31)27-7-8-28-22-12-9-13(24)18-17(20(12)29-23(30-22)21(26)32)11(2)10-33-15-6-4-5-14(25)19(15)18/h3-6,9H,1-2,7-8,10H2,(H2,26,32)(H,27,31)(H,28,29,30). The second-order valence-electron chi connectivity index (χ2n) is 7.19. The third kappa shape index (κ3) is 4.10. The summed E-state index contributed by atoms with van der Waals surface area (Å²) in [6.07, 6.45) is 1.16. The fourth-order valence-electron chi connectivity index (χ4n) is 3.61. The van der Waals surface area contributed by atoms with Gasteiger partial charge in [0.15, 0.2) is 0 Å². The Morgan fingerprint density at radius 3 is 2.76 bits per heavy atom. The van der Waals surface area contributed by atoms with Crippen LogP contribution in [0.2, 0.25) is 5.02 Å². The summed E-state index contributed by atoms with van der Waals surface area (Å²) in [6.45, 7) is 8.06. The molecule has 1 aliphatic rings. The van der Waals surface area contributed by atoms with Crippen molar-refractivity contribution >= 4 is 45.7 Å². The quantitative estimate of drug-likeness (QED) is 0.378. The zero-order valence-electron chi connectivity index (χ0n) is 17.4. The Morgan fingerprint density at radius 1 is 1.24 bits per heavy atom. The van der Waals surface area contributed by atoms with Crippen LogP contribution in [0.3, 0.4) is 0 Å².